The van der Waals surface area contributed by atoms with Gasteiger partial charge in [0.25, 0.3) is 0 Å². The molecule has 3 heteroatoms. The van der Waals surface area contributed by atoms with E-state index in [0.717, 1.165) is 45.6 Å². The Labute approximate surface area is 114 Å². The standard InChI is InChI=1S/C16H21NO2/c18-15-8-4-5-9-16(15,14-6-2-1-3-7-14)17-10-12-19-13-11-17/h1-3,6-7H,4-5,8-13H2/t16-/m0/s1. The van der Waals surface area contributed by atoms with E-state index >= 15 is 0 Å². The molecule has 1 saturated carbocycles. The predicted octanol–water partition coefficient (Wildman–Crippen LogP) is 2.36. The number of hydrogen-bond acceptors (Lipinski definition) is 3. The zero-order valence-electron chi connectivity index (χ0n) is 11.3. The van der Waals surface area contributed by atoms with Crippen molar-refractivity contribution in [3.05, 3.63) is 35.9 Å². The van der Waals surface area contributed by atoms with E-state index in [1.807, 2.05) is 18.2 Å². The first-order valence-electron chi connectivity index (χ1n) is 7.26. The molecule has 1 aromatic carbocycles. The zero-order valence-corrected chi connectivity index (χ0v) is 11.3. The molecule has 1 atom stereocenters. The highest BCUT2D eigenvalue weighted by Gasteiger charge is 2.46. The van der Waals surface area contributed by atoms with Gasteiger partial charge in [0.1, 0.15) is 5.54 Å². The summed E-state index contributed by atoms with van der Waals surface area (Å²) in [6.07, 6.45) is 3.85. The summed E-state index contributed by atoms with van der Waals surface area (Å²) in [5.74, 6) is 0.395. The van der Waals surface area contributed by atoms with Gasteiger partial charge in [-0.1, -0.05) is 36.8 Å². The number of carbonyl (C=O) groups is 1. The molecule has 1 saturated heterocycles. The van der Waals surface area contributed by atoms with Gasteiger partial charge in [-0.15, -0.1) is 0 Å². The third-order valence-corrected chi connectivity index (χ3v) is 4.46. The van der Waals surface area contributed by atoms with Gasteiger partial charge in [-0.25, -0.2) is 0 Å². The van der Waals surface area contributed by atoms with E-state index in [1.165, 1.54) is 5.56 Å². The van der Waals surface area contributed by atoms with E-state index in [4.69, 9.17) is 4.74 Å². The molecule has 2 fully saturated rings. The molecule has 19 heavy (non-hydrogen) atoms. The summed E-state index contributed by atoms with van der Waals surface area (Å²) in [6.45, 7) is 3.20. The normalized spacial score (nSPS) is 29.4. The number of benzene rings is 1. The molecule has 0 bridgehead atoms. The molecular formula is C16H21NO2. The van der Waals surface area contributed by atoms with Crippen molar-refractivity contribution < 1.29 is 9.53 Å². The van der Waals surface area contributed by atoms with E-state index < -0.39 is 0 Å². The molecule has 3 rings (SSSR count). The highest BCUT2D eigenvalue weighted by atomic mass is 16.5. The Balaban J connectivity index is 2.01. The highest BCUT2D eigenvalue weighted by Crippen LogP contribution is 2.40. The molecule has 1 aromatic rings. The molecule has 102 valence electrons. The molecule has 0 radical (unpaired) electrons. The van der Waals surface area contributed by atoms with E-state index in [2.05, 4.69) is 17.0 Å². The maximum absolute atomic E-state index is 12.7. The van der Waals surface area contributed by atoms with Gasteiger partial charge in [0.05, 0.1) is 13.2 Å². The van der Waals surface area contributed by atoms with E-state index in [9.17, 15) is 4.79 Å². The molecule has 0 spiro atoms. The average Bonchev–Trinajstić information content (AvgIpc) is 2.50. The minimum absolute atomic E-state index is 0.386. The monoisotopic (exact) mass is 259 g/mol. The molecule has 0 amide bonds. The number of hydrogen-bond donors (Lipinski definition) is 0. The van der Waals surface area contributed by atoms with Crippen molar-refractivity contribution in [2.45, 2.75) is 31.2 Å². The molecule has 2 aliphatic rings. The number of ketones is 1. The molecule has 0 N–H and O–H groups in total. The summed E-state index contributed by atoms with van der Waals surface area (Å²) in [5, 5.41) is 0. The lowest BCUT2D eigenvalue weighted by molar-refractivity contribution is -0.139. The molecule has 1 aliphatic heterocycles. The van der Waals surface area contributed by atoms with Crippen molar-refractivity contribution >= 4 is 5.78 Å². The Hall–Kier alpha value is -1.19. The summed E-state index contributed by atoms with van der Waals surface area (Å²) in [4.78, 5) is 15.1. The largest absolute Gasteiger partial charge is 0.379 e. The van der Waals surface area contributed by atoms with Crippen LogP contribution in [0, 0.1) is 0 Å². The van der Waals surface area contributed by atoms with Gasteiger partial charge in [-0.3, -0.25) is 9.69 Å². The van der Waals surface area contributed by atoms with Gasteiger partial charge in [-0.2, -0.15) is 0 Å². The summed E-state index contributed by atoms with van der Waals surface area (Å²) >= 11 is 0. The lowest BCUT2D eigenvalue weighted by Crippen LogP contribution is -2.57. The predicted molar refractivity (Wildman–Crippen MR) is 74.0 cm³/mol. The maximum atomic E-state index is 12.7. The number of rotatable bonds is 2. The van der Waals surface area contributed by atoms with E-state index in [-0.39, 0.29) is 5.54 Å². The van der Waals surface area contributed by atoms with E-state index in [0.29, 0.717) is 12.2 Å². The van der Waals surface area contributed by atoms with Gasteiger partial charge in [-0.05, 0) is 18.4 Å². The van der Waals surface area contributed by atoms with Crippen molar-refractivity contribution in [2.75, 3.05) is 26.3 Å². The van der Waals surface area contributed by atoms with Gasteiger partial charge in [0.2, 0.25) is 0 Å². The molecule has 0 aromatic heterocycles. The van der Waals surface area contributed by atoms with Crippen molar-refractivity contribution in [3.8, 4) is 0 Å². The second-order valence-corrected chi connectivity index (χ2v) is 5.46. The van der Waals surface area contributed by atoms with E-state index in [1.54, 1.807) is 0 Å². The molecule has 1 aliphatic carbocycles. The van der Waals surface area contributed by atoms with Gasteiger partial charge in [0.15, 0.2) is 5.78 Å². The van der Waals surface area contributed by atoms with Crippen LogP contribution in [0.2, 0.25) is 0 Å². The summed E-state index contributed by atoms with van der Waals surface area (Å²) in [6, 6.07) is 10.3. The van der Waals surface area contributed by atoms with Crippen molar-refractivity contribution in [2.24, 2.45) is 0 Å². The number of carbonyl (C=O) groups excluding carboxylic acids is 1. The van der Waals surface area contributed by atoms with Gasteiger partial charge < -0.3 is 4.74 Å². The van der Waals surface area contributed by atoms with Crippen LogP contribution in [0.3, 0.4) is 0 Å². The average molecular weight is 259 g/mol. The number of ether oxygens (including phenoxy) is 1. The fourth-order valence-corrected chi connectivity index (χ4v) is 3.49. The minimum atomic E-state index is -0.386. The third-order valence-electron chi connectivity index (χ3n) is 4.46. The Morgan fingerprint density at radius 1 is 1.05 bits per heavy atom. The van der Waals surface area contributed by atoms with Crippen molar-refractivity contribution in [3.63, 3.8) is 0 Å². The Bertz CT molecular complexity index is 439. The molecule has 3 nitrogen and oxygen atoms in total. The summed E-state index contributed by atoms with van der Waals surface area (Å²) in [5.41, 5.74) is 0.783. The van der Waals surface area contributed by atoms with Crippen LogP contribution >= 0.6 is 0 Å². The minimum Gasteiger partial charge on any atom is -0.379 e. The summed E-state index contributed by atoms with van der Waals surface area (Å²) in [7, 11) is 0. The quantitative estimate of drug-likeness (QED) is 0.816. The first-order chi connectivity index (χ1) is 9.34. The first kappa shape index (κ1) is 12.8. The number of Topliss-reactive ketones (excluding diaryl/α,β-unsaturated/α-hetero) is 1. The first-order valence-corrected chi connectivity index (χ1v) is 7.26. The smallest absolute Gasteiger partial charge is 0.157 e. The highest BCUT2D eigenvalue weighted by molar-refractivity contribution is 5.90. The Morgan fingerprint density at radius 2 is 1.79 bits per heavy atom. The van der Waals surface area contributed by atoms with Crippen LogP contribution in [0.4, 0.5) is 0 Å². The fourth-order valence-electron chi connectivity index (χ4n) is 3.49. The second-order valence-electron chi connectivity index (χ2n) is 5.46. The maximum Gasteiger partial charge on any atom is 0.157 e. The Kier molecular flexibility index (Phi) is 3.67. The number of nitrogens with zero attached hydrogens (tertiary/aromatic N) is 1. The van der Waals surface area contributed by atoms with Crippen LogP contribution in [0.5, 0.6) is 0 Å². The van der Waals surface area contributed by atoms with Crippen LogP contribution in [0.1, 0.15) is 31.2 Å². The van der Waals surface area contributed by atoms with Crippen LogP contribution in [-0.2, 0) is 15.1 Å². The van der Waals surface area contributed by atoms with Crippen molar-refractivity contribution in [1.29, 1.82) is 0 Å². The summed E-state index contributed by atoms with van der Waals surface area (Å²) < 4.78 is 5.45. The fraction of sp³-hybridized carbons (Fsp3) is 0.562. The van der Waals surface area contributed by atoms with Gasteiger partial charge >= 0.3 is 0 Å². The van der Waals surface area contributed by atoms with Crippen LogP contribution < -0.4 is 0 Å². The number of morpholine rings is 1. The second kappa shape index (κ2) is 5.43. The third kappa shape index (κ3) is 2.21. The Morgan fingerprint density at radius 3 is 2.47 bits per heavy atom. The van der Waals surface area contributed by atoms with Crippen LogP contribution in [0.25, 0.3) is 0 Å². The molecule has 0 unspecified atom stereocenters. The van der Waals surface area contributed by atoms with Crippen LogP contribution in [0.15, 0.2) is 30.3 Å². The SMILES string of the molecule is O=C1CCCC[C@@]1(c1ccccc1)N1CCOCC1. The topological polar surface area (TPSA) is 29.5 Å². The van der Waals surface area contributed by atoms with Crippen LogP contribution in [-0.4, -0.2) is 37.0 Å². The van der Waals surface area contributed by atoms with Crippen molar-refractivity contribution in [1.82, 2.24) is 4.90 Å². The lowest BCUT2D eigenvalue weighted by atomic mass is 9.74. The lowest BCUT2D eigenvalue weighted by Gasteiger charge is -2.47. The molecular weight excluding hydrogens is 238 g/mol. The zero-order chi connectivity index (χ0) is 13.1. The molecule has 1 heterocycles. The van der Waals surface area contributed by atoms with Gasteiger partial charge in [0, 0.05) is 19.5 Å².